The molecule has 1 saturated heterocycles. The zero-order valence-electron chi connectivity index (χ0n) is 12.7. The normalized spacial score (nSPS) is 23.4. The smallest absolute Gasteiger partial charge is 0.126 e. The van der Waals surface area contributed by atoms with Gasteiger partial charge < -0.3 is 19.9 Å². The van der Waals surface area contributed by atoms with Crippen LogP contribution >= 0.6 is 0 Å². The molecule has 0 saturated carbocycles. The Morgan fingerprint density at radius 3 is 2.95 bits per heavy atom. The van der Waals surface area contributed by atoms with E-state index in [1.54, 1.807) is 0 Å². The summed E-state index contributed by atoms with van der Waals surface area (Å²) in [4.78, 5) is 0. The van der Waals surface area contributed by atoms with Crippen molar-refractivity contribution in [2.45, 2.75) is 50.7 Å². The summed E-state index contributed by atoms with van der Waals surface area (Å²) in [5.74, 6) is 1.64. The van der Waals surface area contributed by atoms with E-state index in [0.29, 0.717) is 6.42 Å². The Kier molecular flexibility index (Phi) is 4.36. The van der Waals surface area contributed by atoms with E-state index >= 15 is 0 Å². The number of piperidine rings is 1. The quantitative estimate of drug-likeness (QED) is 0.838. The van der Waals surface area contributed by atoms with Crippen LogP contribution in [0.15, 0.2) is 18.2 Å². The minimum atomic E-state index is -0.457. The minimum absolute atomic E-state index is 0.192. The van der Waals surface area contributed by atoms with Crippen LogP contribution in [0.4, 0.5) is 0 Å². The average Bonchev–Trinajstić information content (AvgIpc) is 2.49. The van der Waals surface area contributed by atoms with E-state index < -0.39 is 6.10 Å². The van der Waals surface area contributed by atoms with E-state index in [2.05, 4.69) is 12.2 Å². The maximum absolute atomic E-state index is 10.5. The summed E-state index contributed by atoms with van der Waals surface area (Å²) in [6.45, 7) is 4.79. The van der Waals surface area contributed by atoms with Gasteiger partial charge in [0.05, 0.1) is 12.7 Å². The average molecular weight is 291 g/mol. The van der Waals surface area contributed by atoms with E-state index in [0.717, 1.165) is 62.4 Å². The highest BCUT2D eigenvalue weighted by molar-refractivity contribution is 5.43. The number of fused-ring (bicyclic) bond motifs is 1. The van der Waals surface area contributed by atoms with Crippen LogP contribution in [0, 0.1) is 0 Å². The minimum Gasteiger partial charge on any atom is -0.494 e. The van der Waals surface area contributed by atoms with Crippen molar-refractivity contribution in [2.75, 3.05) is 19.7 Å². The molecule has 4 nitrogen and oxygen atoms in total. The van der Waals surface area contributed by atoms with Crippen molar-refractivity contribution in [3.8, 4) is 11.5 Å². The zero-order valence-corrected chi connectivity index (χ0v) is 12.7. The maximum Gasteiger partial charge on any atom is 0.126 e. The van der Waals surface area contributed by atoms with Crippen molar-refractivity contribution < 1.29 is 14.6 Å². The van der Waals surface area contributed by atoms with Crippen molar-refractivity contribution >= 4 is 0 Å². The fourth-order valence-electron chi connectivity index (χ4n) is 3.23. The third kappa shape index (κ3) is 3.16. The lowest BCUT2D eigenvalue weighted by Crippen LogP contribution is -2.49. The van der Waals surface area contributed by atoms with E-state index in [-0.39, 0.29) is 5.60 Å². The first-order valence-corrected chi connectivity index (χ1v) is 8.07. The van der Waals surface area contributed by atoms with Gasteiger partial charge in [-0.15, -0.1) is 0 Å². The lowest BCUT2D eigenvalue weighted by molar-refractivity contribution is -0.0338. The van der Waals surface area contributed by atoms with Crippen LogP contribution in [0.1, 0.15) is 50.7 Å². The second-order valence-corrected chi connectivity index (χ2v) is 6.16. The maximum atomic E-state index is 10.5. The number of nitrogens with one attached hydrogen (secondary N) is 1. The highest BCUT2D eigenvalue weighted by Gasteiger charge is 2.41. The highest BCUT2D eigenvalue weighted by Crippen LogP contribution is 2.44. The number of rotatable bonds is 4. The van der Waals surface area contributed by atoms with Gasteiger partial charge in [0.25, 0.3) is 0 Å². The third-order valence-corrected chi connectivity index (χ3v) is 4.51. The first-order chi connectivity index (χ1) is 10.2. The van der Waals surface area contributed by atoms with Crippen LogP contribution in [-0.4, -0.2) is 30.4 Å². The fourth-order valence-corrected chi connectivity index (χ4v) is 3.23. The molecule has 0 amide bonds. The molecule has 21 heavy (non-hydrogen) atoms. The molecule has 3 rings (SSSR count). The number of benzene rings is 1. The molecule has 4 heteroatoms. The van der Waals surface area contributed by atoms with Crippen molar-refractivity contribution in [1.82, 2.24) is 5.32 Å². The SMILES string of the molecule is CCCCOc1ccc2c(c1)C(O)CC1(CCNCC1)O2. The summed E-state index contributed by atoms with van der Waals surface area (Å²) >= 11 is 0. The standard InChI is InChI=1S/C17H25NO3/c1-2-3-10-20-13-4-5-16-14(11-13)15(19)12-17(21-16)6-8-18-9-7-17/h4-5,11,15,18-19H,2-3,6-10,12H2,1H3. The monoisotopic (exact) mass is 291 g/mol. The molecule has 1 spiro atoms. The molecule has 1 aromatic rings. The van der Waals surface area contributed by atoms with Crippen LogP contribution in [0.2, 0.25) is 0 Å². The third-order valence-electron chi connectivity index (χ3n) is 4.51. The molecular weight excluding hydrogens is 266 g/mol. The number of aliphatic hydroxyl groups excluding tert-OH is 1. The number of hydrogen-bond donors (Lipinski definition) is 2. The molecule has 0 aromatic heterocycles. The number of hydrogen-bond acceptors (Lipinski definition) is 4. The Balaban J connectivity index is 1.76. The molecule has 0 radical (unpaired) electrons. The van der Waals surface area contributed by atoms with Gasteiger partial charge >= 0.3 is 0 Å². The molecule has 1 fully saturated rings. The lowest BCUT2D eigenvalue weighted by atomic mass is 9.82. The van der Waals surface area contributed by atoms with E-state index in [4.69, 9.17) is 9.47 Å². The Labute approximate surface area is 126 Å². The van der Waals surface area contributed by atoms with Crippen molar-refractivity contribution in [1.29, 1.82) is 0 Å². The van der Waals surface area contributed by atoms with Gasteiger partial charge in [0.2, 0.25) is 0 Å². The number of ether oxygens (including phenoxy) is 2. The van der Waals surface area contributed by atoms with Gasteiger partial charge in [-0.2, -0.15) is 0 Å². The zero-order chi connectivity index (χ0) is 14.7. The van der Waals surface area contributed by atoms with Gasteiger partial charge in [0.1, 0.15) is 17.1 Å². The molecule has 2 aliphatic heterocycles. The molecule has 1 aromatic carbocycles. The Morgan fingerprint density at radius 1 is 1.38 bits per heavy atom. The number of unbranched alkanes of at least 4 members (excludes halogenated alkanes) is 1. The van der Waals surface area contributed by atoms with Crippen LogP contribution in [0.3, 0.4) is 0 Å². The van der Waals surface area contributed by atoms with Crippen LogP contribution in [-0.2, 0) is 0 Å². The molecule has 0 aliphatic carbocycles. The summed E-state index contributed by atoms with van der Waals surface area (Å²) in [7, 11) is 0. The van der Waals surface area contributed by atoms with Gasteiger partial charge in [-0.1, -0.05) is 13.3 Å². The van der Waals surface area contributed by atoms with Crippen molar-refractivity contribution in [3.05, 3.63) is 23.8 Å². The highest BCUT2D eigenvalue weighted by atomic mass is 16.5. The summed E-state index contributed by atoms with van der Waals surface area (Å²) in [6.07, 6.45) is 4.30. The van der Waals surface area contributed by atoms with Gasteiger partial charge in [0, 0.05) is 12.0 Å². The van der Waals surface area contributed by atoms with Crippen LogP contribution in [0.5, 0.6) is 11.5 Å². The Morgan fingerprint density at radius 2 is 2.19 bits per heavy atom. The largest absolute Gasteiger partial charge is 0.494 e. The van der Waals surface area contributed by atoms with Gasteiger partial charge in [-0.3, -0.25) is 0 Å². The van der Waals surface area contributed by atoms with Gasteiger partial charge in [0.15, 0.2) is 0 Å². The van der Waals surface area contributed by atoms with Crippen molar-refractivity contribution in [3.63, 3.8) is 0 Å². The summed E-state index contributed by atoms with van der Waals surface area (Å²) in [5.41, 5.74) is 0.676. The molecular formula is C17H25NO3. The topological polar surface area (TPSA) is 50.7 Å². The molecule has 1 atom stereocenters. The summed E-state index contributed by atoms with van der Waals surface area (Å²) in [5, 5.41) is 13.9. The Hall–Kier alpha value is -1.26. The molecule has 0 bridgehead atoms. The Bertz CT molecular complexity index is 483. The van der Waals surface area contributed by atoms with Crippen LogP contribution < -0.4 is 14.8 Å². The first kappa shape index (κ1) is 14.7. The number of aliphatic hydroxyl groups is 1. The first-order valence-electron chi connectivity index (χ1n) is 8.07. The predicted octanol–water partition coefficient (Wildman–Crippen LogP) is 2.80. The second kappa shape index (κ2) is 6.24. The predicted molar refractivity (Wildman–Crippen MR) is 81.9 cm³/mol. The van der Waals surface area contributed by atoms with Crippen molar-refractivity contribution in [2.24, 2.45) is 0 Å². The van der Waals surface area contributed by atoms with E-state index in [1.165, 1.54) is 0 Å². The van der Waals surface area contributed by atoms with E-state index in [9.17, 15) is 5.11 Å². The van der Waals surface area contributed by atoms with Gasteiger partial charge in [-0.05, 0) is 50.6 Å². The molecule has 2 heterocycles. The molecule has 2 aliphatic rings. The summed E-state index contributed by atoms with van der Waals surface area (Å²) in [6, 6.07) is 5.83. The second-order valence-electron chi connectivity index (χ2n) is 6.16. The fraction of sp³-hybridized carbons (Fsp3) is 0.647. The lowest BCUT2D eigenvalue weighted by Gasteiger charge is -2.43. The molecule has 2 N–H and O–H groups in total. The molecule has 116 valence electrons. The van der Waals surface area contributed by atoms with Crippen LogP contribution in [0.25, 0.3) is 0 Å². The summed E-state index contributed by atoms with van der Waals surface area (Å²) < 4.78 is 12.0. The van der Waals surface area contributed by atoms with Gasteiger partial charge in [-0.25, -0.2) is 0 Å². The molecule has 1 unspecified atom stereocenters. The van der Waals surface area contributed by atoms with E-state index in [1.807, 2.05) is 18.2 Å².